The highest BCUT2D eigenvalue weighted by Gasteiger charge is 2.27. The molecule has 0 spiro atoms. The first kappa shape index (κ1) is 21.6. The second kappa shape index (κ2) is 8.88. The predicted octanol–water partition coefficient (Wildman–Crippen LogP) is 4.76. The van der Waals surface area contributed by atoms with Crippen LogP contribution in [0, 0.1) is 19.7 Å². The molecule has 1 aliphatic heterocycles. The molecule has 31 heavy (non-hydrogen) atoms. The zero-order valence-corrected chi connectivity index (χ0v) is 19.1. The molecule has 0 unspecified atom stereocenters. The number of para-hydroxylation sites is 1. The molecule has 0 saturated heterocycles. The molecule has 0 bridgehead atoms. The molecule has 2 heterocycles. The van der Waals surface area contributed by atoms with Gasteiger partial charge in [0.1, 0.15) is 5.82 Å². The molecule has 4 rings (SSSR count). The third-order valence-corrected chi connectivity index (χ3v) is 6.98. The third-order valence-electron chi connectivity index (χ3n) is 4.83. The maximum atomic E-state index is 13.8. The smallest absolute Gasteiger partial charge is 0.272 e. The van der Waals surface area contributed by atoms with Crippen LogP contribution in [0.2, 0.25) is 0 Å². The average molecular weight is 456 g/mol. The second-order valence-electron chi connectivity index (χ2n) is 7.61. The molecular formula is C23H22FN3O2S2. The number of halogens is 1. The van der Waals surface area contributed by atoms with E-state index in [2.05, 4.69) is 12.2 Å². The van der Waals surface area contributed by atoms with Crippen molar-refractivity contribution in [2.75, 3.05) is 11.1 Å². The predicted molar refractivity (Wildman–Crippen MR) is 124 cm³/mol. The Balaban J connectivity index is 1.67. The summed E-state index contributed by atoms with van der Waals surface area (Å²) in [6.45, 7) is 6.03. The minimum Gasteiger partial charge on any atom is -0.323 e. The molecule has 1 amide bonds. The van der Waals surface area contributed by atoms with Gasteiger partial charge >= 0.3 is 0 Å². The van der Waals surface area contributed by atoms with Gasteiger partial charge in [0.05, 0.1) is 27.7 Å². The number of carbonyl (C=O) groups is 1. The van der Waals surface area contributed by atoms with Crippen LogP contribution in [0.15, 0.2) is 57.3 Å². The fourth-order valence-electron chi connectivity index (χ4n) is 3.58. The molecule has 0 radical (unpaired) electrons. The SMILES string of the molecule is Cc1cc(C)cc(-n2c(SCC(=O)Nc3ccccc3F)nc3c(c2=O)S[C@@H](C)C3)c1. The van der Waals surface area contributed by atoms with Gasteiger partial charge in [-0.3, -0.25) is 14.2 Å². The lowest BCUT2D eigenvalue weighted by molar-refractivity contribution is -0.113. The molecule has 8 heteroatoms. The molecule has 3 aromatic rings. The number of benzene rings is 2. The number of nitrogens with one attached hydrogen (secondary N) is 1. The normalized spacial score (nSPS) is 15.0. The van der Waals surface area contributed by atoms with Crippen molar-refractivity contribution < 1.29 is 9.18 Å². The van der Waals surface area contributed by atoms with Crippen molar-refractivity contribution in [2.24, 2.45) is 0 Å². The van der Waals surface area contributed by atoms with Crippen LogP contribution in [-0.2, 0) is 11.2 Å². The summed E-state index contributed by atoms with van der Waals surface area (Å²) in [6.07, 6.45) is 0.720. The summed E-state index contributed by atoms with van der Waals surface area (Å²) in [5, 5.41) is 3.33. The van der Waals surface area contributed by atoms with E-state index in [1.807, 2.05) is 32.0 Å². The number of carbonyl (C=O) groups excluding carboxylic acids is 1. The summed E-state index contributed by atoms with van der Waals surface area (Å²) in [5.74, 6) is -0.846. The molecule has 1 aliphatic rings. The minimum absolute atomic E-state index is 0.00700. The van der Waals surface area contributed by atoms with E-state index in [-0.39, 0.29) is 28.2 Å². The Kier molecular flexibility index (Phi) is 6.20. The van der Waals surface area contributed by atoms with Crippen molar-refractivity contribution in [3.8, 4) is 5.69 Å². The van der Waals surface area contributed by atoms with Gasteiger partial charge in [-0.2, -0.15) is 0 Å². The summed E-state index contributed by atoms with van der Waals surface area (Å²) in [4.78, 5) is 31.2. The van der Waals surface area contributed by atoms with Gasteiger partial charge in [-0.15, -0.1) is 11.8 Å². The number of hydrogen-bond acceptors (Lipinski definition) is 5. The van der Waals surface area contributed by atoms with Gasteiger partial charge in [0.15, 0.2) is 5.16 Å². The number of rotatable bonds is 5. The van der Waals surface area contributed by atoms with E-state index >= 15 is 0 Å². The molecule has 1 atom stereocenters. The molecule has 2 aromatic carbocycles. The zero-order chi connectivity index (χ0) is 22.1. The lowest BCUT2D eigenvalue weighted by atomic mass is 10.1. The van der Waals surface area contributed by atoms with Crippen LogP contribution in [0.25, 0.3) is 5.69 Å². The highest BCUT2D eigenvalue weighted by atomic mass is 32.2. The van der Waals surface area contributed by atoms with Gasteiger partial charge in [0, 0.05) is 11.7 Å². The molecule has 1 aromatic heterocycles. The third kappa shape index (κ3) is 4.70. The van der Waals surface area contributed by atoms with Crippen LogP contribution >= 0.6 is 23.5 Å². The Morgan fingerprint density at radius 2 is 1.97 bits per heavy atom. The average Bonchev–Trinajstić information content (AvgIpc) is 3.08. The van der Waals surface area contributed by atoms with Gasteiger partial charge in [-0.05, 0) is 49.2 Å². The maximum Gasteiger partial charge on any atom is 0.272 e. The molecule has 0 aliphatic carbocycles. The summed E-state index contributed by atoms with van der Waals surface area (Å²) >= 11 is 2.72. The number of aryl methyl sites for hydroxylation is 2. The fraction of sp³-hybridized carbons (Fsp3) is 0.261. The Hall–Kier alpha value is -2.58. The fourth-order valence-corrected chi connectivity index (χ4v) is 5.51. The molecule has 0 fully saturated rings. The van der Waals surface area contributed by atoms with E-state index in [0.29, 0.717) is 10.1 Å². The topological polar surface area (TPSA) is 64.0 Å². The van der Waals surface area contributed by atoms with E-state index in [9.17, 15) is 14.0 Å². The maximum absolute atomic E-state index is 13.8. The number of hydrogen-bond donors (Lipinski definition) is 1. The Morgan fingerprint density at radius 1 is 1.26 bits per heavy atom. The number of aromatic nitrogens is 2. The Bertz CT molecular complexity index is 1210. The van der Waals surface area contributed by atoms with Gasteiger partial charge in [0.2, 0.25) is 5.91 Å². The number of nitrogens with zero attached hydrogens (tertiary/aromatic N) is 2. The van der Waals surface area contributed by atoms with Crippen LogP contribution in [0.5, 0.6) is 0 Å². The first-order chi connectivity index (χ1) is 14.8. The van der Waals surface area contributed by atoms with E-state index in [4.69, 9.17) is 4.98 Å². The van der Waals surface area contributed by atoms with E-state index < -0.39 is 5.82 Å². The zero-order valence-electron chi connectivity index (χ0n) is 17.4. The highest BCUT2D eigenvalue weighted by Crippen LogP contribution is 2.35. The van der Waals surface area contributed by atoms with E-state index in [0.717, 1.165) is 28.9 Å². The van der Waals surface area contributed by atoms with Crippen molar-refractivity contribution >= 4 is 35.1 Å². The quantitative estimate of drug-likeness (QED) is 0.444. The molecule has 160 valence electrons. The Labute approximate surface area is 188 Å². The number of amides is 1. The van der Waals surface area contributed by atoms with Crippen molar-refractivity contribution in [1.29, 1.82) is 0 Å². The lowest BCUT2D eigenvalue weighted by Gasteiger charge is -2.15. The van der Waals surface area contributed by atoms with E-state index in [1.54, 1.807) is 28.5 Å². The summed E-state index contributed by atoms with van der Waals surface area (Å²) in [7, 11) is 0. The van der Waals surface area contributed by atoms with Crippen molar-refractivity contribution in [1.82, 2.24) is 9.55 Å². The van der Waals surface area contributed by atoms with Gasteiger partial charge in [-0.1, -0.05) is 36.9 Å². The largest absolute Gasteiger partial charge is 0.323 e. The molecular weight excluding hydrogens is 433 g/mol. The van der Waals surface area contributed by atoms with Gasteiger partial charge in [-0.25, -0.2) is 9.37 Å². The highest BCUT2D eigenvalue weighted by molar-refractivity contribution is 8.00. The monoisotopic (exact) mass is 455 g/mol. The van der Waals surface area contributed by atoms with Gasteiger partial charge < -0.3 is 5.32 Å². The summed E-state index contributed by atoms with van der Waals surface area (Å²) < 4.78 is 15.4. The molecule has 0 saturated carbocycles. The van der Waals surface area contributed by atoms with Crippen molar-refractivity contribution in [3.05, 3.63) is 75.5 Å². The molecule has 1 N–H and O–H groups in total. The Morgan fingerprint density at radius 3 is 2.68 bits per heavy atom. The summed E-state index contributed by atoms with van der Waals surface area (Å²) in [6, 6.07) is 11.9. The standard InChI is InChI=1S/C23H22FN3O2S2/c1-13-8-14(2)10-16(9-13)27-22(29)21-19(11-15(3)31-21)26-23(27)30-12-20(28)25-18-7-5-4-6-17(18)24/h4-10,15H,11-12H2,1-3H3,(H,25,28)/t15-/m0/s1. The van der Waals surface area contributed by atoms with Crippen LogP contribution < -0.4 is 10.9 Å². The minimum atomic E-state index is -0.491. The van der Waals surface area contributed by atoms with E-state index in [1.165, 1.54) is 23.9 Å². The lowest BCUT2D eigenvalue weighted by Crippen LogP contribution is -2.25. The van der Waals surface area contributed by atoms with Crippen molar-refractivity contribution in [3.63, 3.8) is 0 Å². The van der Waals surface area contributed by atoms with Crippen molar-refractivity contribution in [2.45, 2.75) is 42.5 Å². The molecule has 5 nitrogen and oxygen atoms in total. The number of fused-ring (bicyclic) bond motifs is 1. The number of thioether (sulfide) groups is 2. The van der Waals surface area contributed by atoms with Crippen LogP contribution in [0.1, 0.15) is 23.7 Å². The first-order valence-corrected chi connectivity index (χ1v) is 11.8. The van der Waals surface area contributed by atoms with Crippen LogP contribution in [0.4, 0.5) is 10.1 Å². The van der Waals surface area contributed by atoms with Gasteiger partial charge in [0.25, 0.3) is 5.56 Å². The van der Waals surface area contributed by atoms with Crippen LogP contribution in [0.3, 0.4) is 0 Å². The first-order valence-electron chi connectivity index (χ1n) is 9.90. The van der Waals surface area contributed by atoms with Crippen LogP contribution in [-0.4, -0.2) is 26.5 Å². The number of anilines is 1. The second-order valence-corrected chi connectivity index (χ2v) is 10.00. The summed E-state index contributed by atoms with van der Waals surface area (Å²) in [5.41, 5.74) is 3.61.